The number of rotatable bonds is 1. The molecule has 0 saturated heterocycles. The van der Waals surface area contributed by atoms with Crippen LogP contribution < -0.4 is 16.6 Å². The summed E-state index contributed by atoms with van der Waals surface area (Å²) in [7, 11) is 0. The van der Waals surface area contributed by atoms with Gasteiger partial charge in [0.2, 0.25) is 0 Å². The lowest BCUT2D eigenvalue weighted by atomic mass is 10.2. The zero-order chi connectivity index (χ0) is 9.97. The first-order valence-electron chi connectivity index (χ1n) is 4.04. The van der Waals surface area contributed by atoms with E-state index < -0.39 is 0 Å². The molecular weight excluding hydrogens is 214 g/mol. The highest BCUT2D eigenvalue weighted by atomic mass is 32.1. The maximum atomic E-state index is 5.16. The van der Waals surface area contributed by atoms with Crippen LogP contribution in [0.5, 0.6) is 0 Å². The van der Waals surface area contributed by atoms with Crippen molar-refractivity contribution in [1.29, 1.82) is 0 Å². The van der Waals surface area contributed by atoms with E-state index in [4.69, 9.17) is 18.1 Å². The number of nitrogens with two attached hydrogens (primary N) is 1. The number of thiophene rings is 1. The molecule has 14 heavy (non-hydrogen) atoms. The lowest BCUT2D eigenvalue weighted by molar-refractivity contribution is 1.04. The van der Waals surface area contributed by atoms with Crippen LogP contribution in [0.1, 0.15) is 0 Å². The fraction of sp³-hybridized carbons (Fsp3) is 0. The van der Waals surface area contributed by atoms with Crippen LogP contribution in [0.15, 0.2) is 29.6 Å². The summed E-state index contributed by atoms with van der Waals surface area (Å²) < 4.78 is 1.27. The number of hydrogen-bond acceptors (Lipinski definition) is 3. The zero-order valence-corrected chi connectivity index (χ0v) is 8.91. The minimum atomic E-state index is 0.416. The van der Waals surface area contributed by atoms with Crippen LogP contribution in [0, 0.1) is 0 Å². The molecule has 0 amide bonds. The van der Waals surface area contributed by atoms with Crippen molar-refractivity contribution in [2.45, 2.75) is 0 Å². The summed E-state index contributed by atoms with van der Waals surface area (Å²) in [5, 5.41) is 6.66. The van der Waals surface area contributed by atoms with Crippen molar-refractivity contribution in [3.8, 4) is 0 Å². The zero-order valence-electron chi connectivity index (χ0n) is 7.28. The summed E-state index contributed by atoms with van der Waals surface area (Å²) in [5.41, 5.74) is 3.32. The minimum absolute atomic E-state index is 0.416. The van der Waals surface area contributed by atoms with Crippen molar-refractivity contribution in [2.24, 2.45) is 5.84 Å². The summed E-state index contributed by atoms with van der Waals surface area (Å²) in [6.07, 6.45) is 0. The molecule has 0 aliphatic rings. The topological polar surface area (TPSA) is 50.1 Å². The Labute approximate surface area is 90.9 Å². The number of fused-ring (bicyclic) bond motifs is 1. The third-order valence-corrected chi connectivity index (χ3v) is 2.96. The van der Waals surface area contributed by atoms with E-state index in [0.717, 1.165) is 5.69 Å². The fourth-order valence-electron chi connectivity index (χ4n) is 1.21. The standard InChI is InChI=1S/C9H9N3S2/c10-12-9(13)11-7-1-2-8-6(5-7)3-4-14-8/h1-5H,10H2,(H2,11,12,13). The largest absolute Gasteiger partial charge is 0.332 e. The molecule has 0 saturated carbocycles. The van der Waals surface area contributed by atoms with Gasteiger partial charge in [0.25, 0.3) is 0 Å². The van der Waals surface area contributed by atoms with Crippen LogP contribution >= 0.6 is 23.6 Å². The van der Waals surface area contributed by atoms with E-state index in [9.17, 15) is 0 Å². The normalized spacial score (nSPS) is 10.1. The molecule has 4 N–H and O–H groups in total. The molecule has 3 nitrogen and oxygen atoms in total. The van der Waals surface area contributed by atoms with Crippen LogP contribution in [0.4, 0.5) is 5.69 Å². The summed E-state index contributed by atoms with van der Waals surface area (Å²) in [6, 6.07) is 8.14. The van der Waals surface area contributed by atoms with E-state index in [1.165, 1.54) is 10.1 Å². The maximum absolute atomic E-state index is 5.16. The van der Waals surface area contributed by atoms with Gasteiger partial charge in [0.1, 0.15) is 0 Å². The van der Waals surface area contributed by atoms with Crippen molar-refractivity contribution >= 4 is 44.4 Å². The molecule has 1 aromatic heterocycles. The molecule has 0 bridgehead atoms. The van der Waals surface area contributed by atoms with E-state index in [-0.39, 0.29) is 0 Å². The molecule has 0 atom stereocenters. The third-order valence-electron chi connectivity index (χ3n) is 1.84. The van der Waals surface area contributed by atoms with Crippen LogP contribution in [0.2, 0.25) is 0 Å². The average molecular weight is 223 g/mol. The first-order valence-corrected chi connectivity index (χ1v) is 5.33. The number of nitrogens with one attached hydrogen (secondary N) is 2. The molecule has 0 fully saturated rings. The number of anilines is 1. The van der Waals surface area contributed by atoms with Gasteiger partial charge in [-0.15, -0.1) is 11.3 Å². The molecule has 0 spiro atoms. The SMILES string of the molecule is NNC(=S)Nc1ccc2sccc2c1. The average Bonchev–Trinajstić information content (AvgIpc) is 2.64. The Bertz CT molecular complexity index is 464. The summed E-state index contributed by atoms with van der Waals surface area (Å²) in [4.78, 5) is 0. The molecule has 0 unspecified atom stereocenters. The second kappa shape index (κ2) is 3.91. The minimum Gasteiger partial charge on any atom is -0.332 e. The summed E-state index contributed by atoms with van der Waals surface area (Å²) in [6.45, 7) is 0. The van der Waals surface area contributed by atoms with E-state index in [0.29, 0.717) is 5.11 Å². The van der Waals surface area contributed by atoms with Crippen molar-refractivity contribution in [3.05, 3.63) is 29.6 Å². The smallest absolute Gasteiger partial charge is 0.185 e. The highest BCUT2D eigenvalue weighted by molar-refractivity contribution is 7.80. The summed E-state index contributed by atoms with van der Waals surface area (Å²) >= 11 is 6.61. The van der Waals surface area contributed by atoms with Crippen molar-refractivity contribution < 1.29 is 0 Å². The van der Waals surface area contributed by atoms with Gasteiger partial charge in [0, 0.05) is 10.4 Å². The molecule has 0 aliphatic heterocycles. The van der Waals surface area contributed by atoms with Gasteiger partial charge < -0.3 is 10.7 Å². The van der Waals surface area contributed by atoms with Gasteiger partial charge in [-0.2, -0.15) is 0 Å². The molecule has 2 rings (SSSR count). The van der Waals surface area contributed by atoms with Gasteiger partial charge in [-0.25, -0.2) is 5.84 Å². The van der Waals surface area contributed by atoms with E-state index in [1.807, 2.05) is 12.1 Å². The molecule has 0 aliphatic carbocycles. The fourth-order valence-corrected chi connectivity index (χ4v) is 2.10. The highest BCUT2D eigenvalue weighted by Crippen LogP contribution is 2.23. The molecule has 5 heteroatoms. The van der Waals surface area contributed by atoms with Gasteiger partial charge in [0.05, 0.1) is 0 Å². The van der Waals surface area contributed by atoms with Crippen LogP contribution in [-0.2, 0) is 0 Å². The first-order chi connectivity index (χ1) is 6.79. The van der Waals surface area contributed by atoms with Crippen LogP contribution in [0.25, 0.3) is 10.1 Å². The lowest BCUT2D eigenvalue weighted by Gasteiger charge is -2.06. The van der Waals surface area contributed by atoms with Crippen LogP contribution in [-0.4, -0.2) is 5.11 Å². The predicted octanol–water partition coefficient (Wildman–Crippen LogP) is 2.06. The Morgan fingerprint density at radius 1 is 1.36 bits per heavy atom. The monoisotopic (exact) mass is 223 g/mol. The Hall–Kier alpha value is -1.17. The number of hydrogen-bond donors (Lipinski definition) is 3. The van der Waals surface area contributed by atoms with Gasteiger partial charge in [-0.3, -0.25) is 0 Å². The molecule has 1 aromatic carbocycles. The summed E-state index contributed by atoms with van der Waals surface area (Å²) in [5.74, 6) is 5.16. The van der Waals surface area contributed by atoms with Gasteiger partial charge in [-0.1, -0.05) is 0 Å². The first kappa shape index (κ1) is 9.39. The van der Waals surface area contributed by atoms with E-state index in [2.05, 4.69) is 28.3 Å². The van der Waals surface area contributed by atoms with E-state index in [1.54, 1.807) is 11.3 Å². The number of thiocarbonyl (C=S) groups is 1. The second-order valence-corrected chi connectivity index (χ2v) is 4.13. The van der Waals surface area contributed by atoms with E-state index >= 15 is 0 Å². The van der Waals surface area contributed by atoms with Gasteiger partial charge in [-0.05, 0) is 47.2 Å². The number of benzene rings is 1. The maximum Gasteiger partial charge on any atom is 0.185 e. The van der Waals surface area contributed by atoms with Crippen molar-refractivity contribution in [3.63, 3.8) is 0 Å². The Morgan fingerprint density at radius 3 is 3.00 bits per heavy atom. The third kappa shape index (κ3) is 1.84. The molecule has 0 radical (unpaired) electrons. The second-order valence-electron chi connectivity index (χ2n) is 2.77. The van der Waals surface area contributed by atoms with Gasteiger partial charge in [0.15, 0.2) is 5.11 Å². The molecular formula is C9H9N3S2. The number of hydrazine groups is 1. The lowest BCUT2D eigenvalue weighted by Crippen LogP contribution is -2.34. The molecule has 72 valence electrons. The quantitative estimate of drug-likeness (QED) is 0.393. The highest BCUT2D eigenvalue weighted by Gasteiger charge is 1.98. The van der Waals surface area contributed by atoms with Gasteiger partial charge >= 0.3 is 0 Å². The molecule has 2 aromatic rings. The molecule has 1 heterocycles. The Kier molecular flexibility index (Phi) is 2.62. The van der Waals surface area contributed by atoms with Crippen molar-refractivity contribution in [2.75, 3.05) is 5.32 Å². The van der Waals surface area contributed by atoms with Crippen LogP contribution in [0.3, 0.4) is 0 Å². The van der Waals surface area contributed by atoms with Crippen molar-refractivity contribution in [1.82, 2.24) is 5.43 Å². The Balaban J connectivity index is 2.30. The Morgan fingerprint density at radius 2 is 2.21 bits per heavy atom. The predicted molar refractivity (Wildman–Crippen MR) is 65.4 cm³/mol.